The number of nitrogens with two attached hydrogens (primary N) is 1. The largest absolute Gasteiger partial charge is 0.399 e. The van der Waals surface area contributed by atoms with Gasteiger partial charge in [-0.25, -0.2) is 4.98 Å². The van der Waals surface area contributed by atoms with Gasteiger partial charge in [-0.05, 0) is 31.2 Å². The second-order valence-corrected chi connectivity index (χ2v) is 5.13. The number of nitrogens with zero attached hydrogens (tertiary/aromatic N) is 2. The van der Waals surface area contributed by atoms with Gasteiger partial charge in [0, 0.05) is 25.2 Å². The van der Waals surface area contributed by atoms with Crippen molar-refractivity contribution in [3.8, 4) is 0 Å². The van der Waals surface area contributed by atoms with Crippen molar-refractivity contribution in [3.05, 3.63) is 24.0 Å². The van der Waals surface area contributed by atoms with Crippen molar-refractivity contribution in [1.29, 1.82) is 0 Å². The van der Waals surface area contributed by atoms with Crippen molar-refractivity contribution in [1.82, 2.24) is 14.9 Å². The number of rotatable bonds is 8. The summed E-state index contributed by atoms with van der Waals surface area (Å²) in [4.78, 5) is 10.2. The maximum absolute atomic E-state index is 9.10. The van der Waals surface area contributed by atoms with Gasteiger partial charge in [0.25, 0.3) is 0 Å². The Balaban J connectivity index is 1.96. The Bertz CT molecular complexity index is 538. The molecule has 0 spiro atoms. The molecule has 1 aromatic heterocycles. The molecule has 2 rings (SSSR count). The van der Waals surface area contributed by atoms with E-state index in [9.17, 15) is 0 Å². The molecule has 0 amide bonds. The fraction of sp³-hybridized carbons (Fsp3) is 0.533. The third kappa shape index (κ3) is 3.95. The maximum atomic E-state index is 9.10. The number of fused-ring (bicyclic) bond motifs is 1. The number of unbranched alkanes of at least 4 members (excludes halogenated alkanes) is 1. The fourth-order valence-electron chi connectivity index (χ4n) is 2.32. The highest BCUT2D eigenvalue weighted by molar-refractivity contribution is 5.78. The predicted octanol–water partition coefficient (Wildman–Crippen LogP) is 1.78. The van der Waals surface area contributed by atoms with Gasteiger partial charge in [-0.3, -0.25) is 0 Å². The average Bonchev–Trinajstić information content (AvgIpc) is 2.83. The molecule has 0 radical (unpaired) electrons. The van der Waals surface area contributed by atoms with E-state index in [-0.39, 0.29) is 6.61 Å². The van der Waals surface area contributed by atoms with Crippen molar-refractivity contribution < 1.29 is 5.11 Å². The first-order valence-electron chi connectivity index (χ1n) is 7.30. The fourth-order valence-corrected chi connectivity index (χ4v) is 2.32. The Morgan fingerprint density at radius 2 is 2.15 bits per heavy atom. The van der Waals surface area contributed by atoms with Gasteiger partial charge >= 0.3 is 0 Å². The Labute approximate surface area is 119 Å². The monoisotopic (exact) mass is 276 g/mol. The standard InChI is InChI=1S/C15H24N4O/c1-2-3-7-19(9-10-20)8-6-15-17-13-5-4-12(16)11-14(13)18-15/h4-5,11,20H,2-3,6-10,16H2,1H3,(H,17,18). The number of hydrogen-bond acceptors (Lipinski definition) is 4. The molecule has 0 saturated heterocycles. The lowest BCUT2D eigenvalue weighted by Gasteiger charge is -2.20. The first-order chi connectivity index (χ1) is 9.72. The molecule has 0 saturated carbocycles. The van der Waals surface area contributed by atoms with Crippen LogP contribution in [0.15, 0.2) is 18.2 Å². The highest BCUT2D eigenvalue weighted by atomic mass is 16.3. The van der Waals surface area contributed by atoms with E-state index < -0.39 is 0 Å². The van der Waals surface area contributed by atoms with Crippen LogP contribution in [-0.4, -0.2) is 46.2 Å². The first-order valence-corrected chi connectivity index (χ1v) is 7.30. The van der Waals surface area contributed by atoms with Crippen LogP contribution < -0.4 is 5.73 Å². The number of aromatic nitrogens is 2. The van der Waals surface area contributed by atoms with Crippen molar-refractivity contribution in [2.45, 2.75) is 26.2 Å². The summed E-state index contributed by atoms with van der Waals surface area (Å²) in [7, 11) is 0. The minimum absolute atomic E-state index is 0.209. The summed E-state index contributed by atoms with van der Waals surface area (Å²) in [5.41, 5.74) is 8.46. The Kier molecular flexibility index (Phi) is 5.38. The second kappa shape index (κ2) is 7.26. The quantitative estimate of drug-likeness (QED) is 0.642. The minimum Gasteiger partial charge on any atom is -0.399 e. The lowest BCUT2D eigenvalue weighted by atomic mass is 10.3. The molecule has 0 fully saturated rings. The van der Waals surface area contributed by atoms with Crippen LogP contribution in [0.2, 0.25) is 0 Å². The van der Waals surface area contributed by atoms with E-state index >= 15 is 0 Å². The number of H-pyrrole nitrogens is 1. The Hall–Kier alpha value is -1.59. The highest BCUT2D eigenvalue weighted by Gasteiger charge is 2.07. The number of hydrogen-bond donors (Lipinski definition) is 3. The predicted molar refractivity (Wildman–Crippen MR) is 82.6 cm³/mol. The van der Waals surface area contributed by atoms with E-state index in [1.54, 1.807) is 0 Å². The molecule has 1 aromatic carbocycles. The smallest absolute Gasteiger partial charge is 0.108 e. The summed E-state index contributed by atoms with van der Waals surface area (Å²) < 4.78 is 0. The zero-order valence-electron chi connectivity index (χ0n) is 12.1. The van der Waals surface area contributed by atoms with E-state index in [2.05, 4.69) is 21.8 Å². The molecular weight excluding hydrogens is 252 g/mol. The van der Waals surface area contributed by atoms with Crippen LogP contribution in [-0.2, 0) is 6.42 Å². The van der Waals surface area contributed by atoms with Gasteiger partial charge in [0.2, 0.25) is 0 Å². The molecular formula is C15H24N4O. The zero-order valence-corrected chi connectivity index (χ0v) is 12.1. The molecule has 20 heavy (non-hydrogen) atoms. The number of imidazole rings is 1. The molecule has 5 nitrogen and oxygen atoms in total. The second-order valence-electron chi connectivity index (χ2n) is 5.13. The third-order valence-corrected chi connectivity index (χ3v) is 3.46. The van der Waals surface area contributed by atoms with Crippen molar-refractivity contribution >= 4 is 16.7 Å². The van der Waals surface area contributed by atoms with Gasteiger partial charge in [-0.1, -0.05) is 13.3 Å². The molecule has 0 atom stereocenters. The molecule has 0 bridgehead atoms. The summed E-state index contributed by atoms with van der Waals surface area (Å²) in [6.07, 6.45) is 3.20. The van der Waals surface area contributed by atoms with Crippen LogP contribution in [0.25, 0.3) is 11.0 Å². The number of aromatic amines is 1. The molecule has 1 heterocycles. The van der Waals surface area contributed by atoms with E-state index in [4.69, 9.17) is 10.8 Å². The summed E-state index contributed by atoms with van der Waals surface area (Å²) in [5, 5.41) is 9.10. The highest BCUT2D eigenvalue weighted by Crippen LogP contribution is 2.15. The molecule has 110 valence electrons. The van der Waals surface area contributed by atoms with Gasteiger partial charge < -0.3 is 20.7 Å². The molecule has 5 heteroatoms. The summed E-state index contributed by atoms with van der Waals surface area (Å²) in [6, 6.07) is 5.72. The van der Waals surface area contributed by atoms with Gasteiger partial charge in [0.15, 0.2) is 0 Å². The van der Waals surface area contributed by atoms with Crippen LogP contribution in [0.5, 0.6) is 0 Å². The van der Waals surface area contributed by atoms with Crippen molar-refractivity contribution in [2.24, 2.45) is 0 Å². The van der Waals surface area contributed by atoms with Crippen LogP contribution in [0.3, 0.4) is 0 Å². The van der Waals surface area contributed by atoms with Crippen LogP contribution in [0, 0.1) is 0 Å². The first kappa shape index (κ1) is 14.8. The summed E-state index contributed by atoms with van der Waals surface area (Å²) in [6.45, 7) is 5.06. The van der Waals surface area contributed by atoms with E-state index in [0.717, 1.165) is 55.0 Å². The average molecular weight is 276 g/mol. The topological polar surface area (TPSA) is 78.2 Å². The Morgan fingerprint density at radius 1 is 1.30 bits per heavy atom. The lowest BCUT2D eigenvalue weighted by Crippen LogP contribution is -2.30. The summed E-state index contributed by atoms with van der Waals surface area (Å²) in [5.74, 6) is 0.977. The number of aliphatic hydroxyl groups is 1. The van der Waals surface area contributed by atoms with Crippen LogP contribution in [0.1, 0.15) is 25.6 Å². The van der Waals surface area contributed by atoms with Gasteiger partial charge in [-0.15, -0.1) is 0 Å². The molecule has 2 aromatic rings. The summed E-state index contributed by atoms with van der Waals surface area (Å²) >= 11 is 0. The number of benzene rings is 1. The van der Waals surface area contributed by atoms with Gasteiger partial charge in [0.1, 0.15) is 5.82 Å². The number of aliphatic hydroxyl groups excluding tert-OH is 1. The van der Waals surface area contributed by atoms with Gasteiger partial charge in [-0.2, -0.15) is 0 Å². The van der Waals surface area contributed by atoms with E-state index in [1.807, 2.05) is 18.2 Å². The van der Waals surface area contributed by atoms with Crippen molar-refractivity contribution in [2.75, 3.05) is 32.0 Å². The molecule has 0 aliphatic rings. The van der Waals surface area contributed by atoms with Crippen LogP contribution in [0.4, 0.5) is 5.69 Å². The third-order valence-electron chi connectivity index (χ3n) is 3.46. The molecule has 4 N–H and O–H groups in total. The van der Waals surface area contributed by atoms with Crippen LogP contribution >= 0.6 is 0 Å². The maximum Gasteiger partial charge on any atom is 0.108 e. The lowest BCUT2D eigenvalue weighted by molar-refractivity contribution is 0.194. The number of anilines is 1. The molecule has 0 unspecified atom stereocenters. The zero-order chi connectivity index (χ0) is 14.4. The molecule has 0 aliphatic heterocycles. The van der Waals surface area contributed by atoms with Gasteiger partial charge in [0.05, 0.1) is 17.6 Å². The van der Waals surface area contributed by atoms with E-state index in [0.29, 0.717) is 0 Å². The Morgan fingerprint density at radius 3 is 2.90 bits per heavy atom. The number of nitrogen functional groups attached to an aromatic ring is 1. The van der Waals surface area contributed by atoms with E-state index in [1.165, 1.54) is 6.42 Å². The SMILES string of the molecule is CCCCN(CCO)CCc1nc2ccc(N)cc2[nH]1. The van der Waals surface area contributed by atoms with Crippen molar-refractivity contribution in [3.63, 3.8) is 0 Å². The number of nitrogens with one attached hydrogen (secondary N) is 1. The minimum atomic E-state index is 0.209. The molecule has 0 aliphatic carbocycles. The normalized spacial score (nSPS) is 11.6.